The number of aryl methyl sites for hydroxylation is 1. The number of aliphatic imine (C=N–C) groups is 1. The highest BCUT2D eigenvalue weighted by molar-refractivity contribution is 5.79. The zero-order valence-electron chi connectivity index (χ0n) is 19.0. The molecule has 0 bridgehead atoms. The molecule has 0 aliphatic carbocycles. The molecule has 1 unspecified atom stereocenters. The van der Waals surface area contributed by atoms with Crippen LogP contribution in [0, 0.1) is 6.92 Å². The summed E-state index contributed by atoms with van der Waals surface area (Å²) in [6.07, 6.45) is 4.45. The van der Waals surface area contributed by atoms with Crippen molar-refractivity contribution in [2.24, 2.45) is 4.99 Å². The van der Waals surface area contributed by atoms with Crippen molar-refractivity contribution in [3.63, 3.8) is 0 Å². The van der Waals surface area contributed by atoms with E-state index in [2.05, 4.69) is 59.7 Å². The summed E-state index contributed by atoms with van der Waals surface area (Å²) in [6, 6.07) is 6.35. The van der Waals surface area contributed by atoms with Crippen LogP contribution in [0.25, 0.3) is 0 Å². The summed E-state index contributed by atoms with van der Waals surface area (Å²) in [5.41, 5.74) is 2.40. The largest absolute Gasteiger partial charge is 0.491 e. The average molecular weight is 419 g/mol. The van der Waals surface area contributed by atoms with E-state index < -0.39 is 0 Å². The molecule has 7 heteroatoms. The van der Waals surface area contributed by atoms with Crippen LogP contribution in [0.2, 0.25) is 0 Å². The average Bonchev–Trinajstić information content (AvgIpc) is 3.27. The molecule has 0 saturated carbocycles. The molecule has 2 aliphatic heterocycles. The second kappa shape index (κ2) is 11.0. The van der Waals surface area contributed by atoms with Crippen LogP contribution in [0.5, 0.6) is 5.75 Å². The fourth-order valence-electron chi connectivity index (χ4n) is 4.08. The molecule has 0 aromatic heterocycles. The third-order valence-corrected chi connectivity index (χ3v) is 6.30. The monoisotopic (exact) mass is 418 g/mol. The minimum absolute atomic E-state index is 0.0925. The van der Waals surface area contributed by atoms with Gasteiger partial charge in [-0.1, -0.05) is 12.1 Å². The van der Waals surface area contributed by atoms with Gasteiger partial charge in [-0.3, -0.25) is 4.99 Å². The Morgan fingerprint density at radius 2 is 2.03 bits per heavy atom. The van der Waals surface area contributed by atoms with Gasteiger partial charge in [-0.25, -0.2) is 0 Å². The van der Waals surface area contributed by atoms with E-state index in [1.807, 2.05) is 7.05 Å². The van der Waals surface area contributed by atoms with Gasteiger partial charge in [0.15, 0.2) is 5.96 Å². The van der Waals surface area contributed by atoms with Gasteiger partial charge in [0.25, 0.3) is 0 Å². The van der Waals surface area contributed by atoms with Crippen molar-refractivity contribution in [1.29, 1.82) is 0 Å². The molecule has 7 nitrogen and oxygen atoms in total. The second-order valence-corrected chi connectivity index (χ2v) is 8.57. The first kappa shape index (κ1) is 22.8. The summed E-state index contributed by atoms with van der Waals surface area (Å²) >= 11 is 0. The fourth-order valence-corrected chi connectivity index (χ4v) is 4.08. The number of nitrogens with one attached hydrogen (secondary N) is 2. The smallest absolute Gasteiger partial charge is 0.191 e. The van der Waals surface area contributed by atoms with Crippen molar-refractivity contribution >= 4 is 5.96 Å². The highest BCUT2D eigenvalue weighted by Crippen LogP contribution is 2.25. The lowest BCUT2D eigenvalue weighted by Gasteiger charge is -2.43. The molecule has 1 aromatic rings. The van der Waals surface area contributed by atoms with E-state index in [1.165, 1.54) is 5.56 Å². The van der Waals surface area contributed by atoms with Crippen LogP contribution in [0.1, 0.15) is 36.8 Å². The second-order valence-electron chi connectivity index (χ2n) is 8.57. The van der Waals surface area contributed by atoms with Gasteiger partial charge in [-0.15, -0.1) is 0 Å². The summed E-state index contributed by atoms with van der Waals surface area (Å²) < 4.78 is 17.4. The lowest BCUT2D eigenvalue weighted by Crippen LogP contribution is -2.57. The first-order valence-corrected chi connectivity index (χ1v) is 11.1. The number of benzene rings is 1. The van der Waals surface area contributed by atoms with Crippen LogP contribution in [-0.2, 0) is 16.0 Å². The maximum absolute atomic E-state index is 6.12. The van der Waals surface area contributed by atoms with Crippen molar-refractivity contribution in [2.45, 2.75) is 50.8 Å². The van der Waals surface area contributed by atoms with E-state index in [4.69, 9.17) is 14.2 Å². The van der Waals surface area contributed by atoms with Crippen LogP contribution in [0.4, 0.5) is 0 Å². The Bertz CT molecular complexity index is 696. The van der Waals surface area contributed by atoms with Gasteiger partial charge >= 0.3 is 0 Å². The van der Waals surface area contributed by atoms with Crippen LogP contribution >= 0.6 is 0 Å². The summed E-state index contributed by atoms with van der Waals surface area (Å²) in [5.74, 6) is 1.72. The van der Waals surface area contributed by atoms with Gasteiger partial charge in [0.1, 0.15) is 12.4 Å². The Labute approximate surface area is 181 Å². The minimum Gasteiger partial charge on any atom is -0.491 e. The van der Waals surface area contributed by atoms with Crippen LogP contribution < -0.4 is 15.4 Å². The van der Waals surface area contributed by atoms with Crippen molar-refractivity contribution < 1.29 is 14.2 Å². The lowest BCUT2D eigenvalue weighted by molar-refractivity contribution is -0.00501. The van der Waals surface area contributed by atoms with Crippen molar-refractivity contribution in [2.75, 3.05) is 54.1 Å². The Morgan fingerprint density at radius 1 is 1.23 bits per heavy atom. The van der Waals surface area contributed by atoms with Gasteiger partial charge in [0, 0.05) is 51.1 Å². The molecule has 2 aliphatic rings. The van der Waals surface area contributed by atoms with E-state index >= 15 is 0 Å². The first-order chi connectivity index (χ1) is 14.5. The number of hydrogen-bond donors (Lipinski definition) is 2. The standard InChI is InChI=1S/C23H38N4O3/c1-18-7-8-19(21(14-18)30-16-20-6-5-11-29-20)15-25-22(24-2)26-17-23(27(3)4)9-12-28-13-10-23/h7-8,14,20H,5-6,9-13,15-17H2,1-4H3,(H2,24,25,26). The molecule has 2 heterocycles. The minimum atomic E-state index is 0.0925. The summed E-state index contributed by atoms with van der Waals surface area (Å²) in [7, 11) is 6.10. The Hall–Kier alpha value is -1.83. The molecule has 0 radical (unpaired) electrons. The van der Waals surface area contributed by atoms with Gasteiger partial charge in [-0.2, -0.15) is 0 Å². The number of hydrogen-bond acceptors (Lipinski definition) is 5. The summed E-state index contributed by atoms with van der Waals surface area (Å²) in [4.78, 5) is 6.73. The number of ether oxygens (including phenoxy) is 3. The lowest BCUT2D eigenvalue weighted by atomic mass is 9.88. The normalized spacial score (nSPS) is 21.6. The molecule has 168 valence electrons. The van der Waals surface area contributed by atoms with E-state index in [-0.39, 0.29) is 11.6 Å². The van der Waals surface area contributed by atoms with Crippen molar-refractivity contribution in [3.8, 4) is 5.75 Å². The Kier molecular flexibility index (Phi) is 8.36. The molecule has 1 atom stereocenters. The third-order valence-electron chi connectivity index (χ3n) is 6.30. The molecule has 30 heavy (non-hydrogen) atoms. The van der Waals surface area contributed by atoms with Crippen LogP contribution in [0.15, 0.2) is 23.2 Å². The molecule has 0 spiro atoms. The SMILES string of the molecule is CN=C(NCc1ccc(C)cc1OCC1CCCO1)NCC1(N(C)C)CCOCC1. The van der Waals surface area contributed by atoms with Crippen molar-refractivity contribution in [1.82, 2.24) is 15.5 Å². The molecule has 2 N–H and O–H groups in total. The van der Waals surface area contributed by atoms with Gasteiger partial charge in [-0.05, 0) is 58.3 Å². The number of nitrogens with zero attached hydrogens (tertiary/aromatic N) is 2. The maximum Gasteiger partial charge on any atom is 0.191 e. The fraction of sp³-hybridized carbons (Fsp3) is 0.696. The molecule has 2 saturated heterocycles. The van der Waals surface area contributed by atoms with E-state index in [0.717, 1.165) is 69.3 Å². The quantitative estimate of drug-likeness (QED) is 0.499. The number of guanidine groups is 1. The van der Waals surface area contributed by atoms with Crippen LogP contribution in [-0.4, -0.2) is 76.6 Å². The molecule has 2 fully saturated rings. The van der Waals surface area contributed by atoms with E-state index in [0.29, 0.717) is 13.2 Å². The topological polar surface area (TPSA) is 67.4 Å². The highest BCUT2D eigenvalue weighted by atomic mass is 16.5. The summed E-state index contributed by atoms with van der Waals surface area (Å²) in [6.45, 7) is 6.64. The predicted octanol–water partition coefficient (Wildman–Crippen LogP) is 2.33. The molecule has 1 aromatic carbocycles. The number of likely N-dealkylation sites (N-methyl/N-ethyl adjacent to an activating group) is 1. The van der Waals surface area contributed by atoms with E-state index in [9.17, 15) is 0 Å². The summed E-state index contributed by atoms with van der Waals surface area (Å²) in [5, 5.41) is 6.97. The molecular formula is C23H38N4O3. The Morgan fingerprint density at radius 3 is 2.70 bits per heavy atom. The zero-order valence-corrected chi connectivity index (χ0v) is 19.0. The van der Waals surface area contributed by atoms with Gasteiger partial charge in [0.05, 0.1) is 6.10 Å². The van der Waals surface area contributed by atoms with E-state index in [1.54, 1.807) is 0 Å². The molecular weight excluding hydrogens is 380 g/mol. The highest BCUT2D eigenvalue weighted by Gasteiger charge is 2.34. The Balaban J connectivity index is 1.56. The third kappa shape index (κ3) is 6.09. The number of rotatable bonds is 8. The first-order valence-electron chi connectivity index (χ1n) is 11.1. The maximum atomic E-state index is 6.12. The predicted molar refractivity (Wildman–Crippen MR) is 120 cm³/mol. The zero-order chi connectivity index (χ0) is 21.4. The molecule has 3 rings (SSSR count). The van der Waals surface area contributed by atoms with Crippen molar-refractivity contribution in [3.05, 3.63) is 29.3 Å². The molecule has 0 amide bonds. The van der Waals surface area contributed by atoms with Gasteiger partial charge in [0.2, 0.25) is 0 Å². The van der Waals surface area contributed by atoms with Gasteiger partial charge < -0.3 is 29.7 Å². The van der Waals surface area contributed by atoms with Crippen LogP contribution in [0.3, 0.4) is 0 Å².